The van der Waals surface area contributed by atoms with Crippen LogP contribution >= 0.6 is 11.6 Å². The van der Waals surface area contributed by atoms with Gasteiger partial charge in [-0.2, -0.15) is 5.10 Å². The van der Waals surface area contributed by atoms with E-state index < -0.39 is 18.1 Å². The second-order valence-electron chi connectivity index (χ2n) is 4.45. The minimum atomic E-state index is -4.81. The topological polar surface area (TPSA) is 53.4 Å². The molecule has 1 aromatic carbocycles. The van der Waals surface area contributed by atoms with Crippen LogP contribution in [0.3, 0.4) is 0 Å². The van der Waals surface area contributed by atoms with Crippen LogP contribution in [-0.2, 0) is 11.8 Å². The van der Waals surface area contributed by atoms with Gasteiger partial charge in [-0.3, -0.25) is 4.68 Å². The Balaban J connectivity index is 2.41. The Hall–Kier alpha value is -2.22. The van der Waals surface area contributed by atoms with E-state index in [4.69, 9.17) is 16.3 Å². The Morgan fingerprint density at radius 3 is 2.65 bits per heavy atom. The second kappa shape index (κ2) is 6.49. The molecular weight excluding hydrogens is 337 g/mol. The largest absolute Gasteiger partial charge is 0.573 e. The van der Waals surface area contributed by atoms with Crippen LogP contribution in [0.4, 0.5) is 13.2 Å². The van der Waals surface area contributed by atoms with E-state index in [9.17, 15) is 18.0 Å². The van der Waals surface area contributed by atoms with Crippen molar-refractivity contribution in [1.29, 1.82) is 0 Å². The van der Waals surface area contributed by atoms with E-state index in [0.717, 1.165) is 12.1 Å². The standard InChI is InChI=1S/C14H12ClF3N2O3/c1-3-22-13(21)11-7-12(20(2)19-11)9-6-8(4-5-10(9)15)23-14(16,17)18/h4-7H,3H2,1-2H3. The molecule has 0 aliphatic heterocycles. The van der Waals surface area contributed by atoms with Crippen molar-refractivity contribution in [3.05, 3.63) is 35.0 Å². The van der Waals surface area contributed by atoms with Gasteiger partial charge in [-0.1, -0.05) is 11.6 Å². The normalized spacial score (nSPS) is 11.4. The number of carbonyl (C=O) groups excluding carboxylic acids is 1. The number of aromatic nitrogens is 2. The van der Waals surface area contributed by atoms with Crippen LogP contribution < -0.4 is 4.74 Å². The number of hydrogen-bond donors (Lipinski definition) is 0. The Bertz CT molecular complexity index is 729. The molecule has 0 bridgehead atoms. The molecule has 0 aliphatic carbocycles. The molecule has 9 heteroatoms. The van der Waals surface area contributed by atoms with Crippen LogP contribution in [0.15, 0.2) is 24.3 Å². The summed E-state index contributed by atoms with van der Waals surface area (Å²) < 4.78 is 47.0. The number of carbonyl (C=O) groups is 1. The van der Waals surface area contributed by atoms with Gasteiger partial charge in [0.2, 0.25) is 0 Å². The van der Waals surface area contributed by atoms with Gasteiger partial charge < -0.3 is 9.47 Å². The van der Waals surface area contributed by atoms with Crippen molar-refractivity contribution >= 4 is 17.6 Å². The Morgan fingerprint density at radius 2 is 2.04 bits per heavy atom. The third kappa shape index (κ3) is 4.16. The number of ether oxygens (including phenoxy) is 2. The van der Waals surface area contributed by atoms with Gasteiger partial charge in [-0.15, -0.1) is 13.2 Å². The van der Waals surface area contributed by atoms with E-state index in [1.807, 2.05) is 0 Å². The smallest absolute Gasteiger partial charge is 0.461 e. The summed E-state index contributed by atoms with van der Waals surface area (Å²) in [5.41, 5.74) is 0.632. The molecule has 0 aliphatic rings. The predicted molar refractivity (Wildman–Crippen MR) is 76.3 cm³/mol. The van der Waals surface area contributed by atoms with Crippen LogP contribution in [0.2, 0.25) is 5.02 Å². The van der Waals surface area contributed by atoms with E-state index in [1.165, 1.54) is 23.9 Å². The molecule has 0 fully saturated rings. The molecular formula is C14H12ClF3N2O3. The van der Waals surface area contributed by atoms with E-state index in [0.29, 0.717) is 5.69 Å². The minimum absolute atomic E-state index is 0.0301. The van der Waals surface area contributed by atoms with Gasteiger partial charge in [0.05, 0.1) is 17.3 Å². The van der Waals surface area contributed by atoms with Crippen molar-refractivity contribution in [2.45, 2.75) is 13.3 Å². The Kier molecular flexibility index (Phi) is 4.84. The lowest BCUT2D eigenvalue weighted by molar-refractivity contribution is -0.274. The van der Waals surface area contributed by atoms with Crippen LogP contribution in [0.25, 0.3) is 11.3 Å². The summed E-state index contributed by atoms with van der Waals surface area (Å²) in [5, 5.41) is 4.16. The van der Waals surface area contributed by atoms with Gasteiger partial charge in [0, 0.05) is 12.6 Å². The summed E-state index contributed by atoms with van der Waals surface area (Å²) in [6.07, 6.45) is -4.81. The first-order valence-corrected chi connectivity index (χ1v) is 6.86. The molecule has 0 radical (unpaired) electrons. The first-order chi connectivity index (χ1) is 10.7. The molecule has 0 spiro atoms. The predicted octanol–water partition coefficient (Wildman–Crippen LogP) is 3.82. The van der Waals surface area contributed by atoms with Crippen LogP contribution in [-0.4, -0.2) is 28.7 Å². The highest BCUT2D eigenvalue weighted by atomic mass is 35.5. The lowest BCUT2D eigenvalue weighted by Crippen LogP contribution is -2.17. The number of esters is 1. The summed E-state index contributed by atoms with van der Waals surface area (Å²) in [6, 6.07) is 4.88. The highest BCUT2D eigenvalue weighted by Crippen LogP contribution is 2.33. The first-order valence-electron chi connectivity index (χ1n) is 6.48. The molecule has 2 aromatic rings. The van der Waals surface area contributed by atoms with Crippen molar-refractivity contribution in [1.82, 2.24) is 9.78 Å². The molecule has 0 atom stereocenters. The maximum atomic E-state index is 12.3. The molecule has 23 heavy (non-hydrogen) atoms. The van der Waals surface area contributed by atoms with E-state index in [1.54, 1.807) is 6.92 Å². The van der Waals surface area contributed by atoms with Gasteiger partial charge in [0.25, 0.3) is 0 Å². The third-order valence-corrected chi connectivity index (χ3v) is 3.14. The molecule has 5 nitrogen and oxygen atoms in total. The zero-order chi connectivity index (χ0) is 17.2. The number of halogens is 4. The summed E-state index contributed by atoms with van der Waals surface area (Å²) in [6.45, 7) is 1.83. The summed E-state index contributed by atoms with van der Waals surface area (Å²) >= 11 is 6.03. The Labute approximate surface area is 134 Å². The lowest BCUT2D eigenvalue weighted by atomic mass is 10.1. The number of alkyl halides is 3. The fraction of sp³-hybridized carbons (Fsp3) is 0.286. The fourth-order valence-corrected chi connectivity index (χ4v) is 2.14. The molecule has 0 saturated heterocycles. The van der Waals surface area contributed by atoms with Crippen molar-refractivity contribution < 1.29 is 27.4 Å². The summed E-state index contributed by atoms with van der Waals surface area (Å²) in [7, 11) is 1.53. The highest BCUT2D eigenvalue weighted by Gasteiger charge is 2.31. The molecule has 1 heterocycles. The van der Waals surface area contributed by atoms with E-state index in [2.05, 4.69) is 9.84 Å². The molecule has 2 rings (SSSR count). The number of rotatable bonds is 4. The van der Waals surface area contributed by atoms with Gasteiger partial charge in [-0.05, 0) is 31.2 Å². The quantitative estimate of drug-likeness (QED) is 0.788. The zero-order valence-corrected chi connectivity index (χ0v) is 12.9. The van der Waals surface area contributed by atoms with Crippen molar-refractivity contribution in [2.24, 2.45) is 7.05 Å². The number of aryl methyl sites for hydroxylation is 1. The lowest BCUT2D eigenvalue weighted by Gasteiger charge is -2.11. The van der Waals surface area contributed by atoms with E-state index >= 15 is 0 Å². The van der Waals surface area contributed by atoms with E-state index in [-0.39, 0.29) is 22.9 Å². The van der Waals surface area contributed by atoms with Crippen molar-refractivity contribution in [3.63, 3.8) is 0 Å². The third-order valence-electron chi connectivity index (χ3n) is 2.81. The number of nitrogens with zero attached hydrogens (tertiary/aromatic N) is 2. The summed E-state index contributed by atoms with van der Waals surface area (Å²) in [5.74, 6) is -1.05. The van der Waals surface area contributed by atoms with Crippen LogP contribution in [0, 0.1) is 0 Å². The monoisotopic (exact) mass is 348 g/mol. The molecule has 124 valence electrons. The van der Waals surface area contributed by atoms with Gasteiger partial charge >= 0.3 is 12.3 Å². The van der Waals surface area contributed by atoms with Gasteiger partial charge in [0.15, 0.2) is 5.69 Å². The molecule has 0 unspecified atom stereocenters. The minimum Gasteiger partial charge on any atom is -0.461 e. The molecule has 0 amide bonds. The van der Waals surface area contributed by atoms with Gasteiger partial charge in [-0.25, -0.2) is 4.79 Å². The maximum absolute atomic E-state index is 12.3. The average Bonchev–Trinajstić information content (AvgIpc) is 2.82. The average molecular weight is 349 g/mol. The van der Waals surface area contributed by atoms with Crippen LogP contribution in [0.1, 0.15) is 17.4 Å². The van der Waals surface area contributed by atoms with Crippen molar-refractivity contribution in [2.75, 3.05) is 6.61 Å². The Morgan fingerprint density at radius 1 is 1.35 bits per heavy atom. The van der Waals surface area contributed by atoms with Crippen molar-refractivity contribution in [3.8, 4) is 17.0 Å². The summed E-state index contributed by atoms with van der Waals surface area (Å²) in [4.78, 5) is 11.7. The van der Waals surface area contributed by atoms with Crippen LogP contribution in [0.5, 0.6) is 5.75 Å². The molecule has 1 aromatic heterocycles. The zero-order valence-electron chi connectivity index (χ0n) is 12.1. The highest BCUT2D eigenvalue weighted by molar-refractivity contribution is 6.33. The fourth-order valence-electron chi connectivity index (χ4n) is 1.92. The van der Waals surface area contributed by atoms with Gasteiger partial charge in [0.1, 0.15) is 5.75 Å². The number of hydrogen-bond acceptors (Lipinski definition) is 4. The SMILES string of the molecule is CCOC(=O)c1cc(-c2cc(OC(F)(F)F)ccc2Cl)n(C)n1. The first kappa shape index (κ1) is 17.1. The molecule has 0 saturated carbocycles. The maximum Gasteiger partial charge on any atom is 0.573 e. The molecule has 0 N–H and O–H groups in total. The second-order valence-corrected chi connectivity index (χ2v) is 4.86. The number of benzene rings is 1.